The lowest BCUT2D eigenvalue weighted by atomic mass is 10.2. The summed E-state index contributed by atoms with van der Waals surface area (Å²) in [4.78, 5) is 37.4. The van der Waals surface area contributed by atoms with Gasteiger partial charge in [-0.25, -0.2) is 4.79 Å². The predicted molar refractivity (Wildman–Crippen MR) is 107 cm³/mol. The van der Waals surface area contributed by atoms with E-state index in [-0.39, 0.29) is 11.6 Å². The van der Waals surface area contributed by atoms with Gasteiger partial charge < -0.3 is 15.0 Å². The minimum absolute atomic E-state index is 0.0353. The summed E-state index contributed by atoms with van der Waals surface area (Å²) >= 11 is 5.85. The number of hydrogen-bond acceptors (Lipinski definition) is 4. The molecular formula is C21H21ClN2O4. The highest BCUT2D eigenvalue weighted by Gasteiger charge is 2.17. The molecule has 146 valence electrons. The van der Waals surface area contributed by atoms with E-state index in [0.717, 1.165) is 11.1 Å². The van der Waals surface area contributed by atoms with Gasteiger partial charge in [-0.2, -0.15) is 0 Å². The number of carbonyl (C=O) groups is 3. The first-order chi connectivity index (χ1) is 13.3. The molecule has 0 aliphatic rings. The molecule has 0 saturated carbocycles. The molecule has 0 aliphatic carbocycles. The first-order valence-corrected chi connectivity index (χ1v) is 8.93. The highest BCUT2D eigenvalue weighted by Crippen LogP contribution is 2.11. The third-order valence-electron chi connectivity index (χ3n) is 3.73. The van der Waals surface area contributed by atoms with E-state index in [1.807, 2.05) is 18.2 Å². The topological polar surface area (TPSA) is 75.7 Å². The molecule has 28 heavy (non-hydrogen) atoms. The van der Waals surface area contributed by atoms with Crippen molar-refractivity contribution in [3.8, 4) is 0 Å². The Hall–Kier alpha value is -3.12. The van der Waals surface area contributed by atoms with Crippen molar-refractivity contribution in [3.05, 3.63) is 76.4 Å². The van der Waals surface area contributed by atoms with Crippen LogP contribution in [0.2, 0.25) is 5.02 Å². The second-order valence-corrected chi connectivity index (χ2v) is 6.54. The second-order valence-electron chi connectivity index (χ2n) is 6.10. The Labute approximate surface area is 168 Å². The molecule has 0 heterocycles. The molecule has 2 aromatic rings. The van der Waals surface area contributed by atoms with Gasteiger partial charge in [0.2, 0.25) is 5.91 Å². The molecule has 0 unspecified atom stereocenters. The van der Waals surface area contributed by atoms with E-state index in [0.29, 0.717) is 11.6 Å². The van der Waals surface area contributed by atoms with Crippen molar-refractivity contribution in [2.45, 2.75) is 13.5 Å². The largest absolute Gasteiger partial charge is 0.451 e. The minimum atomic E-state index is -0.785. The molecular weight excluding hydrogens is 380 g/mol. The molecule has 0 saturated heterocycles. The lowest BCUT2D eigenvalue weighted by molar-refractivity contribution is -0.149. The standard InChI is InChI=1S/C21H21ClN2O4/c1-15(25)23-19(12-16-6-4-3-5-7-16)21(27)28-14-20(26)24(2)13-17-8-10-18(22)11-9-17/h3-12H,13-14H2,1-2H3,(H,23,25)/b19-12-. The highest BCUT2D eigenvalue weighted by molar-refractivity contribution is 6.30. The summed E-state index contributed by atoms with van der Waals surface area (Å²) in [5.41, 5.74) is 1.58. The van der Waals surface area contributed by atoms with Gasteiger partial charge in [0.15, 0.2) is 6.61 Å². The van der Waals surface area contributed by atoms with Crippen LogP contribution in [-0.4, -0.2) is 36.3 Å². The second kappa shape index (κ2) is 10.3. The van der Waals surface area contributed by atoms with Crippen LogP contribution in [0.25, 0.3) is 6.08 Å². The monoisotopic (exact) mass is 400 g/mol. The van der Waals surface area contributed by atoms with E-state index >= 15 is 0 Å². The maximum atomic E-state index is 12.3. The van der Waals surface area contributed by atoms with Gasteiger partial charge in [0.05, 0.1) is 0 Å². The Morgan fingerprint density at radius 1 is 1.07 bits per heavy atom. The van der Waals surface area contributed by atoms with Crippen molar-refractivity contribution >= 4 is 35.5 Å². The van der Waals surface area contributed by atoms with Crippen molar-refractivity contribution in [2.24, 2.45) is 0 Å². The molecule has 0 aliphatic heterocycles. The first-order valence-electron chi connectivity index (χ1n) is 8.55. The number of rotatable bonds is 7. The van der Waals surface area contributed by atoms with Crippen molar-refractivity contribution in [3.63, 3.8) is 0 Å². The van der Waals surface area contributed by atoms with Crippen LogP contribution >= 0.6 is 11.6 Å². The van der Waals surface area contributed by atoms with Crippen molar-refractivity contribution in [1.82, 2.24) is 10.2 Å². The zero-order chi connectivity index (χ0) is 20.5. The number of likely N-dealkylation sites (N-methyl/N-ethyl adjacent to an activating group) is 1. The molecule has 0 atom stereocenters. The van der Waals surface area contributed by atoms with Crippen LogP contribution < -0.4 is 5.32 Å². The predicted octanol–water partition coefficient (Wildman–Crippen LogP) is 3.02. The molecule has 0 spiro atoms. The van der Waals surface area contributed by atoms with Crippen LogP contribution in [-0.2, 0) is 25.7 Å². The smallest absolute Gasteiger partial charge is 0.355 e. The van der Waals surface area contributed by atoms with Crippen LogP contribution in [0.15, 0.2) is 60.3 Å². The maximum absolute atomic E-state index is 12.3. The van der Waals surface area contributed by atoms with Crippen molar-refractivity contribution < 1.29 is 19.1 Å². The zero-order valence-corrected chi connectivity index (χ0v) is 16.4. The summed E-state index contributed by atoms with van der Waals surface area (Å²) < 4.78 is 5.08. The van der Waals surface area contributed by atoms with E-state index < -0.39 is 18.5 Å². The third-order valence-corrected chi connectivity index (χ3v) is 3.98. The van der Waals surface area contributed by atoms with Crippen molar-refractivity contribution in [2.75, 3.05) is 13.7 Å². The summed E-state index contributed by atoms with van der Waals surface area (Å²) in [6, 6.07) is 16.1. The van der Waals surface area contributed by atoms with Gasteiger partial charge >= 0.3 is 5.97 Å². The molecule has 0 fully saturated rings. The van der Waals surface area contributed by atoms with Crippen LogP contribution in [0.1, 0.15) is 18.1 Å². The Kier molecular flexibility index (Phi) is 7.77. The molecule has 0 bridgehead atoms. The number of hydrogen-bond donors (Lipinski definition) is 1. The van der Waals surface area contributed by atoms with Gasteiger partial charge in [0.1, 0.15) is 5.70 Å². The van der Waals surface area contributed by atoms with Crippen molar-refractivity contribution in [1.29, 1.82) is 0 Å². The third kappa shape index (κ3) is 6.89. The fourth-order valence-corrected chi connectivity index (χ4v) is 2.44. The highest BCUT2D eigenvalue weighted by atomic mass is 35.5. The quantitative estimate of drug-likeness (QED) is 0.572. The van der Waals surface area contributed by atoms with E-state index in [1.165, 1.54) is 17.9 Å². The normalized spacial score (nSPS) is 10.9. The van der Waals surface area contributed by atoms with Gasteiger partial charge in [-0.05, 0) is 29.3 Å². The van der Waals surface area contributed by atoms with Crippen LogP contribution in [0.3, 0.4) is 0 Å². The first kappa shape index (κ1) is 21.2. The number of halogens is 1. The van der Waals surface area contributed by atoms with Gasteiger partial charge in [0.25, 0.3) is 5.91 Å². The summed E-state index contributed by atoms with van der Waals surface area (Å²) in [6.45, 7) is 1.21. The number of carbonyl (C=O) groups excluding carboxylic acids is 3. The summed E-state index contributed by atoms with van der Waals surface area (Å²) in [5.74, 6) is -1.57. The number of nitrogens with zero attached hydrogens (tertiary/aromatic N) is 1. The van der Waals surface area contributed by atoms with Gasteiger partial charge in [-0.15, -0.1) is 0 Å². The summed E-state index contributed by atoms with van der Waals surface area (Å²) in [5, 5.41) is 3.05. The molecule has 7 heteroatoms. The van der Waals surface area contributed by atoms with E-state index in [1.54, 1.807) is 43.4 Å². The Morgan fingerprint density at radius 3 is 2.32 bits per heavy atom. The Morgan fingerprint density at radius 2 is 1.71 bits per heavy atom. The number of esters is 1. The Bertz CT molecular complexity index is 864. The summed E-state index contributed by atoms with van der Waals surface area (Å²) in [7, 11) is 1.61. The van der Waals surface area contributed by atoms with E-state index in [4.69, 9.17) is 16.3 Å². The molecule has 6 nitrogen and oxygen atoms in total. The molecule has 0 aromatic heterocycles. The molecule has 2 amide bonds. The average molecular weight is 401 g/mol. The molecule has 2 aromatic carbocycles. The van der Waals surface area contributed by atoms with E-state index in [2.05, 4.69) is 5.32 Å². The minimum Gasteiger partial charge on any atom is -0.451 e. The summed E-state index contributed by atoms with van der Waals surface area (Å²) in [6.07, 6.45) is 1.49. The number of ether oxygens (including phenoxy) is 1. The van der Waals surface area contributed by atoms with Gasteiger partial charge in [-0.3, -0.25) is 9.59 Å². The number of amides is 2. The molecule has 2 rings (SSSR count). The zero-order valence-electron chi connectivity index (χ0n) is 15.6. The van der Waals surface area contributed by atoms with Gasteiger partial charge in [-0.1, -0.05) is 54.1 Å². The lowest BCUT2D eigenvalue weighted by Crippen LogP contribution is -2.33. The lowest BCUT2D eigenvalue weighted by Gasteiger charge is -2.17. The number of benzene rings is 2. The fourth-order valence-electron chi connectivity index (χ4n) is 2.32. The van der Waals surface area contributed by atoms with Gasteiger partial charge in [0, 0.05) is 25.5 Å². The molecule has 1 N–H and O–H groups in total. The van der Waals surface area contributed by atoms with E-state index in [9.17, 15) is 14.4 Å². The SMILES string of the molecule is CC(=O)N/C(=C\c1ccccc1)C(=O)OCC(=O)N(C)Cc1ccc(Cl)cc1. The van der Waals surface area contributed by atoms with Crippen LogP contribution in [0.5, 0.6) is 0 Å². The average Bonchev–Trinajstić information content (AvgIpc) is 2.67. The molecule has 0 radical (unpaired) electrons. The fraction of sp³-hybridized carbons (Fsp3) is 0.190. The number of nitrogens with one attached hydrogen (secondary N) is 1. The van der Waals surface area contributed by atoms with Crippen LogP contribution in [0.4, 0.5) is 0 Å². The van der Waals surface area contributed by atoms with Crippen LogP contribution in [0, 0.1) is 0 Å². The Balaban J connectivity index is 1.96. The maximum Gasteiger partial charge on any atom is 0.355 e.